The molecule has 0 spiro atoms. The van der Waals surface area contributed by atoms with Gasteiger partial charge in [0.1, 0.15) is 11.6 Å². The highest BCUT2D eigenvalue weighted by molar-refractivity contribution is 9.10. The Morgan fingerprint density at radius 3 is 2.69 bits per heavy atom. The normalized spacial score (nSPS) is 12.9. The molecule has 0 bridgehead atoms. The number of phenolic OH excluding ortho intramolecular Hbond substituents is 1. The van der Waals surface area contributed by atoms with Crippen LogP contribution in [0, 0.1) is 5.82 Å². The Bertz CT molecular complexity index is 315. The maximum atomic E-state index is 13.2. The van der Waals surface area contributed by atoms with Crippen LogP contribution >= 0.6 is 15.9 Å². The molecular formula is C9H10BrFO2. The molecule has 1 aromatic rings. The average molecular weight is 249 g/mol. The summed E-state index contributed by atoms with van der Waals surface area (Å²) in [7, 11) is 0. The molecule has 1 atom stereocenters. The van der Waals surface area contributed by atoms with Gasteiger partial charge in [0.15, 0.2) is 0 Å². The minimum Gasteiger partial charge on any atom is -0.507 e. The van der Waals surface area contributed by atoms with Gasteiger partial charge in [-0.2, -0.15) is 0 Å². The molecule has 0 radical (unpaired) electrons. The molecule has 2 nitrogen and oxygen atoms in total. The van der Waals surface area contributed by atoms with Gasteiger partial charge in [0.05, 0.1) is 4.47 Å². The number of hydrogen-bond acceptors (Lipinski definition) is 2. The molecule has 1 unspecified atom stereocenters. The zero-order valence-electron chi connectivity index (χ0n) is 7.09. The van der Waals surface area contributed by atoms with Gasteiger partial charge in [0.2, 0.25) is 0 Å². The molecular weight excluding hydrogens is 239 g/mol. The molecule has 1 aromatic carbocycles. The summed E-state index contributed by atoms with van der Waals surface area (Å²) >= 11 is 3.08. The van der Waals surface area contributed by atoms with Crippen LogP contribution in [0.3, 0.4) is 0 Å². The molecule has 0 heterocycles. The van der Waals surface area contributed by atoms with Crippen LogP contribution in [0.25, 0.3) is 0 Å². The van der Waals surface area contributed by atoms with Crippen molar-refractivity contribution >= 4 is 15.9 Å². The number of phenols is 1. The third-order valence-corrected chi connectivity index (χ3v) is 2.51. The monoisotopic (exact) mass is 248 g/mol. The summed E-state index contributed by atoms with van der Waals surface area (Å²) in [5, 5.41) is 18.0. The first kappa shape index (κ1) is 10.5. The Balaban J connectivity index is 3.15. The van der Waals surface area contributed by atoms with E-state index < -0.39 is 5.82 Å². The zero-order valence-corrected chi connectivity index (χ0v) is 8.68. The van der Waals surface area contributed by atoms with Crippen LogP contribution in [0.4, 0.5) is 4.39 Å². The summed E-state index contributed by atoms with van der Waals surface area (Å²) in [6, 6.07) is 2.51. The Morgan fingerprint density at radius 2 is 2.15 bits per heavy atom. The van der Waals surface area contributed by atoms with Gasteiger partial charge in [0, 0.05) is 18.6 Å². The van der Waals surface area contributed by atoms with Crippen LogP contribution in [0.1, 0.15) is 18.4 Å². The van der Waals surface area contributed by atoms with E-state index in [9.17, 15) is 4.39 Å². The fourth-order valence-electron chi connectivity index (χ4n) is 1.03. The summed E-state index contributed by atoms with van der Waals surface area (Å²) < 4.78 is 13.6. The van der Waals surface area contributed by atoms with Crippen LogP contribution in [0.15, 0.2) is 16.6 Å². The van der Waals surface area contributed by atoms with Gasteiger partial charge in [-0.05, 0) is 27.6 Å². The standard InChI is InChI=1S/C9H10BrFO2/c1-5(4-12)6-2-7(10)9(13)3-8(6)11/h2-3,5,12-13H,4H2,1H3. The van der Waals surface area contributed by atoms with E-state index in [1.165, 1.54) is 6.07 Å². The van der Waals surface area contributed by atoms with E-state index in [-0.39, 0.29) is 18.3 Å². The van der Waals surface area contributed by atoms with E-state index in [0.29, 0.717) is 10.0 Å². The molecule has 1 rings (SSSR count). The predicted octanol–water partition coefficient (Wildman–Crippen LogP) is 2.39. The van der Waals surface area contributed by atoms with E-state index in [4.69, 9.17) is 10.2 Å². The second-order valence-electron chi connectivity index (χ2n) is 2.91. The fourth-order valence-corrected chi connectivity index (χ4v) is 1.39. The van der Waals surface area contributed by atoms with Gasteiger partial charge in [0.25, 0.3) is 0 Å². The zero-order chi connectivity index (χ0) is 10.0. The Kier molecular flexibility index (Phi) is 3.27. The summed E-state index contributed by atoms with van der Waals surface area (Å²) in [6.07, 6.45) is 0. The highest BCUT2D eigenvalue weighted by Crippen LogP contribution is 2.30. The van der Waals surface area contributed by atoms with Crippen molar-refractivity contribution in [2.45, 2.75) is 12.8 Å². The number of rotatable bonds is 2. The van der Waals surface area contributed by atoms with Gasteiger partial charge in [-0.1, -0.05) is 6.92 Å². The molecule has 0 aliphatic carbocycles. The molecule has 0 fully saturated rings. The second kappa shape index (κ2) is 4.07. The van der Waals surface area contributed by atoms with Crippen LogP contribution < -0.4 is 0 Å². The number of aliphatic hydroxyl groups excluding tert-OH is 1. The van der Waals surface area contributed by atoms with Gasteiger partial charge < -0.3 is 10.2 Å². The van der Waals surface area contributed by atoms with Crippen molar-refractivity contribution < 1.29 is 14.6 Å². The van der Waals surface area contributed by atoms with Crippen molar-refractivity contribution in [1.29, 1.82) is 0 Å². The number of halogens is 2. The van der Waals surface area contributed by atoms with Crippen LogP contribution in [0.5, 0.6) is 5.75 Å². The smallest absolute Gasteiger partial charge is 0.132 e. The molecule has 13 heavy (non-hydrogen) atoms. The van der Waals surface area contributed by atoms with Crippen molar-refractivity contribution in [2.24, 2.45) is 0 Å². The predicted molar refractivity (Wildman–Crippen MR) is 51.3 cm³/mol. The Morgan fingerprint density at radius 1 is 1.54 bits per heavy atom. The SMILES string of the molecule is CC(CO)c1cc(Br)c(O)cc1F. The quantitative estimate of drug-likeness (QED) is 0.844. The van der Waals surface area contributed by atoms with Gasteiger partial charge in [-0.3, -0.25) is 0 Å². The van der Waals surface area contributed by atoms with E-state index in [1.54, 1.807) is 6.92 Å². The molecule has 0 saturated carbocycles. The third kappa shape index (κ3) is 2.19. The first-order valence-corrected chi connectivity index (χ1v) is 4.64. The number of benzene rings is 1. The summed E-state index contributed by atoms with van der Waals surface area (Å²) in [5.41, 5.74) is 0.396. The molecule has 0 aromatic heterocycles. The highest BCUT2D eigenvalue weighted by atomic mass is 79.9. The summed E-state index contributed by atoms with van der Waals surface area (Å²) in [5.74, 6) is -0.898. The first-order chi connectivity index (χ1) is 6.06. The van der Waals surface area contributed by atoms with Crippen molar-refractivity contribution in [2.75, 3.05) is 6.61 Å². The van der Waals surface area contributed by atoms with E-state index in [1.807, 2.05) is 0 Å². The summed E-state index contributed by atoms with van der Waals surface area (Å²) in [4.78, 5) is 0. The lowest BCUT2D eigenvalue weighted by atomic mass is 10.0. The molecule has 4 heteroatoms. The van der Waals surface area contributed by atoms with Crippen molar-refractivity contribution in [1.82, 2.24) is 0 Å². The second-order valence-corrected chi connectivity index (χ2v) is 3.76. The number of aromatic hydroxyl groups is 1. The summed E-state index contributed by atoms with van der Waals surface area (Å²) in [6.45, 7) is 1.59. The number of aliphatic hydroxyl groups is 1. The fraction of sp³-hybridized carbons (Fsp3) is 0.333. The minimum atomic E-state index is -0.498. The Labute approximate surface area is 84.1 Å². The van der Waals surface area contributed by atoms with E-state index >= 15 is 0 Å². The van der Waals surface area contributed by atoms with Crippen molar-refractivity contribution in [3.63, 3.8) is 0 Å². The van der Waals surface area contributed by atoms with Crippen molar-refractivity contribution in [3.8, 4) is 5.75 Å². The van der Waals surface area contributed by atoms with Crippen LogP contribution in [-0.4, -0.2) is 16.8 Å². The maximum Gasteiger partial charge on any atom is 0.132 e. The lowest BCUT2D eigenvalue weighted by molar-refractivity contribution is 0.270. The Hall–Kier alpha value is -0.610. The first-order valence-electron chi connectivity index (χ1n) is 3.85. The lowest BCUT2D eigenvalue weighted by Gasteiger charge is -2.10. The van der Waals surface area contributed by atoms with Gasteiger partial charge in [-0.25, -0.2) is 4.39 Å². The molecule has 0 aliphatic heterocycles. The molecule has 0 amide bonds. The molecule has 72 valence electrons. The number of hydrogen-bond donors (Lipinski definition) is 2. The van der Waals surface area contributed by atoms with E-state index in [2.05, 4.69) is 15.9 Å². The largest absolute Gasteiger partial charge is 0.507 e. The topological polar surface area (TPSA) is 40.5 Å². The molecule has 0 saturated heterocycles. The average Bonchev–Trinajstić information content (AvgIpc) is 2.10. The highest BCUT2D eigenvalue weighted by Gasteiger charge is 2.12. The minimum absolute atomic E-state index is 0.117. The van der Waals surface area contributed by atoms with Crippen molar-refractivity contribution in [3.05, 3.63) is 28.0 Å². The lowest BCUT2D eigenvalue weighted by Crippen LogP contribution is -2.01. The third-order valence-electron chi connectivity index (χ3n) is 1.87. The van der Waals surface area contributed by atoms with E-state index in [0.717, 1.165) is 6.07 Å². The molecule has 2 N–H and O–H groups in total. The maximum absolute atomic E-state index is 13.2. The molecule has 0 aliphatic rings. The van der Waals surface area contributed by atoms with Gasteiger partial charge >= 0.3 is 0 Å². The van der Waals surface area contributed by atoms with Gasteiger partial charge in [-0.15, -0.1) is 0 Å². The van der Waals surface area contributed by atoms with Crippen LogP contribution in [-0.2, 0) is 0 Å². The van der Waals surface area contributed by atoms with Crippen LogP contribution in [0.2, 0.25) is 0 Å².